The molecule has 0 aliphatic heterocycles. The van der Waals surface area contributed by atoms with E-state index >= 15 is 0 Å². The number of alkyl halides is 3. The summed E-state index contributed by atoms with van der Waals surface area (Å²) < 4.78 is 39.6. The van der Waals surface area contributed by atoms with Crippen molar-refractivity contribution in [1.29, 1.82) is 5.26 Å². The maximum Gasteiger partial charge on any atom is 0.573 e. The van der Waals surface area contributed by atoms with E-state index in [1.54, 1.807) is 6.07 Å². The molecule has 0 saturated heterocycles. The molecule has 16 heavy (non-hydrogen) atoms. The Labute approximate surface area is 97.0 Å². The second kappa shape index (κ2) is 4.67. The van der Waals surface area contributed by atoms with E-state index in [4.69, 9.17) is 11.0 Å². The number of nitriles is 1. The van der Waals surface area contributed by atoms with Crippen molar-refractivity contribution in [2.24, 2.45) is 5.73 Å². The first kappa shape index (κ1) is 12.7. The van der Waals surface area contributed by atoms with Gasteiger partial charge in [-0.15, -0.1) is 13.2 Å². The third-order valence-electron chi connectivity index (χ3n) is 1.52. The monoisotopic (exact) mass is 295 g/mol. The van der Waals surface area contributed by atoms with Crippen LogP contribution in [0.4, 0.5) is 13.2 Å². The van der Waals surface area contributed by atoms with Crippen LogP contribution in [0.2, 0.25) is 0 Å². The van der Waals surface area contributed by atoms with Crippen LogP contribution in [0.3, 0.4) is 0 Å². The summed E-state index contributed by atoms with van der Waals surface area (Å²) in [6.07, 6.45) is -4.83. The van der Waals surface area contributed by atoms with Crippen molar-refractivity contribution in [3.63, 3.8) is 0 Å². The van der Waals surface area contributed by atoms with Gasteiger partial charge in [0, 0.05) is 12.6 Å². The number of aromatic nitrogens is 1. The molecule has 0 atom stereocenters. The van der Waals surface area contributed by atoms with Crippen molar-refractivity contribution in [3.8, 4) is 11.8 Å². The van der Waals surface area contributed by atoms with Gasteiger partial charge < -0.3 is 10.5 Å². The van der Waals surface area contributed by atoms with Crippen molar-refractivity contribution in [3.05, 3.63) is 21.9 Å². The molecule has 0 radical (unpaired) electrons. The highest BCUT2D eigenvalue weighted by Crippen LogP contribution is 2.32. The van der Waals surface area contributed by atoms with Crippen LogP contribution in [0.5, 0.6) is 5.75 Å². The summed E-state index contributed by atoms with van der Waals surface area (Å²) >= 11 is 2.81. The van der Waals surface area contributed by atoms with Gasteiger partial charge in [0.2, 0.25) is 0 Å². The molecule has 2 N–H and O–H groups in total. The minimum Gasteiger partial charge on any atom is -0.404 e. The Morgan fingerprint density at radius 2 is 2.19 bits per heavy atom. The number of nitrogens with two attached hydrogens (primary N) is 1. The van der Waals surface area contributed by atoms with Crippen molar-refractivity contribution >= 4 is 15.9 Å². The second-order valence-corrected chi connectivity index (χ2v) is 3.43. The maximum atomic E-state index is 12.0. The number of hydrogen-bond donors (Lipinski definition) is 1. The van der Waals surface area contributed by atoms with Gasteiger partial charge in [-0.05, 0) is 15.9 Å². The summed E-state index contributed by atoms with van der Waals surface area (Å²) in [5.41, 5.74) is 5.16. The van der Waals surface area contributed by atoms with Crippen LogP contribution in [0.1, 0.15) is 11.4 Å². The van der Waals surface area contributed by atoms with Gasteiger partial charge in [0.25, 0.3) is 0 Å². The molecule has 0 spiro atoms. The Morgan fingerprint density at radius 1 is 1.56 bits per heavy atom. The molecule has 0 unspecified atom stereocenters. The molecule has 86 valence electrons. The summed E-state index contributed by atoms with van der Waals surface area (Å²) in [6, 6.07) is 2.66. The van der Waals surface area contributed by atoms with Crippen molar-refractivity contribution in [1.82, 2.24) is 4.98 Å². The van der Waals surface area contributed by atoms with Crippen LogP contribution in [0.25, 0.3) is 0 Å². The predicted molar refractivity (Wildman–Crippen MR) is 51.2 cm³/mol. The molecule has 4 nitrogen and oxygen atoms in total. The third kappa shape index (κ3) is 3.08. The number of pyridine rings is 1. The summed E-state index contributed by atoms with van der Waals surface area (Å²) in [7, 11) is 0. The number of ether oxygens (including phenoxy) is 1. The van der Waals surface area contributed by atoms with E-state index in [1.165, 1.54) is 0 Å². The van der Waals surface area contributed by atoms with Crippen LogP contribution in [-0.4, -0.2) is 11.3 Å². The summed E-state index contributed by atoms with van der Waals surface area (Å²) in [6.45, 7) is -0.0871. The first-order chi connectivity index (χ1) is 7.37. The zero-order chi connectivity index (χ0) is 12.3. The lowest BCUT2D eigenvalue weighted by Crippen LogP contribution is -2.18. The van der Waals surface area contributed by atoms with E-state index in [9.17, 15) is 13.2 Å². The molecule has 1 aromatic rings. The molecule has 0 aromatic carbocycles. The highest BCUT2D eigenvalue weighted by Gasteiger charge is 2.32. The van der Waals surface area contributed by atoms with Crippen LogP contribution in [0.15, 0.2) is 10.5 Å². The van der Waals surface area contributed by atoms with Gasteiger partial charge in [-0.25, -0.2) is 4.98 Å². The van der Waals surface area contributed by atoms with Crippen LogP contribution >= 0.6 is 15.9 Å². The van der Waals surface area contributed by atoms with E-state index in [1.807, 2.05) is 0 Å². The van der Waals surface area contributed by atoms with Crippen molar-refractivity contribution in [2.75, 3.05) is 0 Å². The van der Waals surface area contributed by atoms with Gasteiger partial charge in [0.15, 0.2) is 5.69 Å². The lowest BCUT2D eigenvalue weighted by atomic mass is 10.3. The van der Waals surface area contributed by atoms with Crippen LogP contribution < -0.4 is 10.5 Å². The SMILES string of the molecule is N#Cc1nc(CN)cc(OC(F)(F)F)c1Br. The maximum absolute atomic E-state index is 12.0. The topological polar surface area (TPSA) is 71.9 Å². The Balaban J connectivity index is 3.23. The smallest absolute Gasteiger partial charge is 0.404 e. The minimum absolute atomic E-state index is 0.0871. The fourth-order valence-corrected chi connectivity index (χ4v) is 1.31. The van der Waals surface area contributed by atoms with Gasteiger partial charge in [-0.1, -0.05) is 0 Å². The van der Waals surface area contributed by atoms with Crippen molar-refractivity contribution < 1.29 is 17.9 Å². The van der Waals surface area contributed by atoms with Gasteiger partial charge in [0.05, 0.1) is 10.2 Å². The molecule has 0 saturated carbocycles. The lowest BCUT2D eigenvalue weighted by molar-refractivity contribution is -0.274. The van der Waals surface area contributed by atoms with Gasteiger partial charge in [-0.3, -0.25) is 0 Å². The van der Waals surface area contributed by atoms with E-state index in [2.05, 4.69) is 25.7 Å². The van der Waals surface area contributed by atoms with E-state index < -0.39 is 12.1 Å². The molecule has 8 heteroatoms. The lowest BCUT2D eigenvalue weighted by Gasteiger charge is -2.11. The molecular weight excluding hydrogens is 291 g/mol. The standard InChI is InChI=1S/C8H5BrF3N3O/c9-7-5(3-14)15-4(2-13)1-6(7)16-8(10,11)12/h1H,2,13H2. The zero-order valence-corrected chi connectivity index (χ0v) is 9.26. The molecule has 0 fully saturated rings. The van der Waals surface area contributed by atoms with Gasteiger partial charge >= 0.3 is 6.36 Å². The zero-order valence-electron chi connectivity index (χ0n) is 7.68. The van der Waals surface area contributed by atoms with Crippen molar-refractivity contribution in [2.45, 2.75) is 12.9 Å². The summed E-state index contributed by atoms with van der Waals surface area (Å²) in [4.78, 5) is 3.72. The molecule has 0 bridgehead atoms. The van der Waals surface area contributed by atoms with Gasteiger partial charge in [-0.2, -0.15) is 5.26 Å². The molecule has 1 rings (SSSR count). The Kier molecular flexibility index (Phi) is 3.72. The minimum atomic E-state index is -4.83. The first-order valence-corrected chi connectivity index (χ1v) is 4.72. The molecule has 0 amide bonds. The summed E-state index contributed by atoms with van der Waals surface area (Å²) in [5.74, 6) is -0.528. The Hall–Kier alpha value is -1.33. The Morgan fingerprint density at radius 3 is 2.62 bits per heavy atom. The van der Waals surface area contributed by atoms with E-state index in [0.717, 1.165) is 6.07 Å². The fraction of sp³-hybridized carbons (Fsp3) is 0.250. The molecule has 1 heterocycles. The number of hydrogen-bond acceptors (Lipinski definition) is 4. The number of rotatable bonds is 2. The van der Waals surface area contributed by atoms with E-state index in [0.29, 0.717) is 0 Å². The second-order valence-electron chi connectivity index (χ2n) is 2.64. The molecule has 1 aromatic heterocycles. The highest BCUT2D eigenvalue weighted by molar-refractivity contribution is 9.10. The fourth-order valence-electron chi connectivity index (χ4n) is 0.934. The van der Waals surface area contributed by atoms with E-state index in [-0.39, 0.29) is 22.4 Å². The summed E-state index contributed by atoms with van der Waals surface area (Å²) in [5, 5.41) is 8.64. The predicted octanol–water partition coefficient (Wildman–Crippen LogP) is 2.07. The van der Waals surface area contributed by atoms with Gasteiger partial charge in [0.1, 0.15) is 11.8 Å². The van der Waals surface area contributed by atoms with Crippen LogP contribution in [-0.2, 0) is 6.54 Å². The third-order valence-corrected chi connectivity index (χ3v) is 2.28. The molecular formula is C8H5BrF3N3O. The Bertz CT molecular complexity index is 441. The average Bonchev–Trinajstić information content (AvgIpc) is 2.19. The average molecular weight is 296 g/mol. The molecule has 0 aliphatic carbocycles. The highest BCUT2D eigenvalue weighted by atomic mass is 79.9. The quantitative estimate of drug-likeness (QED) is 0.907. The van der Waals surface area contributed by atoms with Crippen LogP contribution in [0, 0.1) is 11.3 Å². The number of nitrogens with zero attached hydrogens (tertiary/aromatic N) is 2. The molecule has 0 aliphatic rings. The number of halogens is 4. The largest absolute Gasteiger partial charge is 0.573 e. The first-order valence-electron chi connectivity index (χ1n) is 3.92. The normalized spacial score (nSPS) is 11.0.